The summed E-state index contributed by atoms with van der Waals surface area (Å²) < 4.78 is 4.48. The lowest BCUT2D eigenvalue weighted by Crippen LogP contribution is -2.37. The van der Waals surface area contributed by atoms with Crippen molar-refractivity contribution in [2.75, 3.05) is 13.7 Å². The van der Waals surface area contributed by atoms with E-state index in [1.54, 1.807) is 0 Å². The highest BCUT2D eigenvalue weighted by molar-refractivity contribution is 7.80. The number of nitrogens with one attached hydrogen (secondary N) is 2. The summed E-state index contributed by atoms with van der Waals surface area (Å²) in [5, 5.41) is 6.68. The fourth-order valence-corrected chi connectivity index (χ4v) is 1.11. The molecular weight excluding hydrogens is 188 g/mol. The SMILES string of the molecule is COC(=O)CCNC(=S)NC1CC1. The number of rotatable bonds is 4. The molecule has 0 saturated heterocycles. The Morgan fingerprint density at radius 2 is 2.31 bits per heavy atom. The Bertz CT molecular complexity index is 204. The van der Waals surface area contributed by atoms with Gasteiger partial charge in [0.15, 0.2) is 5.11 Å². The summed E-state index contributed by atoms with van der Waals surface area (Å²) in [5.41, 5.74) is 0. The van der Waals surface area contributed by atoms with E-state index in [4.69, 9.17) is 12.2 Å². The van der Waals surface area contributed by atoms with Crippen molar-refractivity contribution in [3.05, 3.63) is 0 Å². The van der Waals surface area contributed by atoms with Crippen LogP contribution in [0.5, 0.6) is 0 Å². The van der Waals surface area contributed by atoms with Gasteiger partial charge in [-0.25, -0.2) is 0 Å². The van der Waals surface area contributed by atoms with E-state index in [0.29, 0.717) is 24.1 Å². The highest BCUT2D eigenvalue weighted by atomic mass is 32.1. The smallest absolute Gasteiger partial charge is 0.307 e. The second-order valence-electron chi connectivity index (χ2n) is 3.00. The molecule has 1 aliphatic rings. The summed E-state index contributed by atoms with van der Waals surface area (Å²) in [6, 6.07) is 0.554. The van der Waals surface area contributed by atoms with Gasteiger partial charge in [-0.05, 0) is 25.1 Å². The van der Waals surface area contributed by atoms with E-state index in [-0.39, 0.29) is 5.97 Å². The zero-order chi connectivity index (χ0) is 9.68. The zero-order valence-corrected chi connectivity index (χ0v) is 8.45. The first-order valence-corrected chi connectivity index (χ1v) is 4.74. The van der Waals surface area contributed by atoms with Gasteiger partial charge < -0.3 is 15.4 Å². The Morgan fingerprint density at radius 1 is 1.62 bits per heavy atom. The minimum Gasteiger partial charge on any atom is -0.469 e. The molecule has 13 heavy (non-hydrogen) atoms. The molecule has 1 rings (SSSR count). The quantitative estimate of drug-likeness (QED) is 0.503. The third-order valence-corrected chi connectivity index (χ3v) is 2.02. The van der Waals surface area contributed by atoms with Crippen LogP contribution in [-0.4, -0.2) is 30.8 Å². The van der Waals surface area contributed by atoms with Gasteiger partial charge in [0.25, 0.3) is 0 Å². The molecule has 0 unspecified atom stereocenters. The van der Waals surface area contributed by atoms with Gasteiger partial charge in [-0.2, -0.15) is 0 Å². The molecule has 1 fully saturated rings. The first-order valence-electron chi connectivity index (χ1n) is 4.33. The summed E-state index contributed by atoms with van der Waals surface area (Å²) in [7, 11) is 1.38. The van der Waals surface area contributed by atoms with Gasteiger partial charge in [0.05, 0.1) is 13.5 Å². The normalized spacial score (nSPS) is 14.8. The fraction of sp³-hybridized carbons (Fsp3) is 0.750. The second-order valence-corrected chi connectivity index (χ2v) is 3.41. The molecule has 0 aromatic heterocycles. The summed E-state index contributed by atoms with van der Waals surface area (Å²) in [4.78, 5) is 10.7. The van der Waals surface area contributed by atoms with E-state index in [0.717, 1.165) is 0 Å². The van der Waals surface area contributed by atoms with E-state index in [2.05, 4.69) is 15.4 Å². The first-order chi connectivity index (χ1) is 6.22. The maximum atomic E-state index is 10.7. The van der Waals surface area contributed by atoms with Gasteiger partial charge in [-0.3, -0.25) is 4.79 Å². The van der Waals surface area contributed by atoms with Gasteiger partial charge in [0.1, 0.15) is 0 Å². The second kappa shape index (κ2) is 5.01. The van der Waals surface area contributed by atoms with Crippen LogP contribution >= 0.6 is 12.2 Å². The molecule has 0 bridgehead atoms. The molecule has 4 nitrogen and oxygen atoms in total. The number of hydrogen-bond donors (Lipinski definition) is 2. The van der Waals surface area contributed by atoms with Crippen molar-refractivity contribution < 1.29 is 9.53 Å². The molecule has 0 aromatic carbocycles. The van der Waals surface area contributed by atoms with Crippen molar-refractivity contribution in [3.8, 4) is 0 Å². The highest BCUT2D eigenvalue weighted by Crippen LogP contribution is 2.18. The third-order valence-electron chi connectivity index (χ3n) is 1.75. The van der Waals surface area contributed by atoms with Crippen molar-refractivity contribution >= 4 is 23.3 Å². The molecule has 2 N–H and O–H groups in total. The number of carbonyl (C=O) groups is 1. The van der Waals surface area contributed by atoms with Gasteiger partial charge in [0.2, 0.25) is 0 Å². The maximum absolute atomic E-state index is 10.7. The number of ether oxygens (including phenoxy) is 1. The van der Waals surface area contributed by atoms with E-state index >= 15 is 0 Å². The maximum Gasteiger partial charge on any atom is 0.307 e. The number of carbonyl (C=O) groups excluding carboxylic acids is 1. The Morgan fingerprint density at radius 3 is 2.85 bits per heavy atom. The Kier molecular flexibility index (Phi) is 3.95. The van der Waals surface area contributed by atoms with Crippen LogP contribution in [0.15, 0.2) is 0 Å². The van der Waals surface area contributed by atoms with Crippen molar-refractivity contribution in [2.45, 2.75) is 25.3 Å². The largest absolute Gasteiger partial charge is 0.469 e. The molecule has 1 saturated carbocycles. The highest BCUT2D eigenvalue weighted by Gasteiger charge is 2.21. The first kappa shape index (κ1) is 10.2. The van der Waals surface area contributed by atoms with E-state index < -0.39 is 0 Å². The number of esters is 1. The standard InChI is InChI=1S/C8H14N2O2S/c1-12-7(11)4-5-9-8(13)10-6-2-3-6/h6H,2-5H2,1H3,(H2,9,10,13). The van der Waals surface area contributed by atoms with Gasteiger partial charge in [0, 0.05) is 12.6 Å². The molecule has 0 radical (unpaired) electrons. The molecule has 0 aromatic rings. The zero-order valence-electron chi connectivity index (χ0n) is 7.63. The van der Waals surface area contributed by atoms with Gasteiger partial charge in [-0.1, -0.05) is 0 Å². The lowest BCUT2D eigenvalue weighted by molar-refractivity contribution is -0.140. The van der Waals surface area contributed by atoms with Crippen molar-refractivity contribution in [1.29, 1.82) is 0 Å². The number of methoxy groups -OCH3 is 1. The van der Waals surface area contributed by atoms with E-state index in [1.807, 2.05) is 0 Å². The van der Waals surface area contributed by atoms with Crippen LogP contribution in [0.25, 0.3) is 0 Å². The Hall–Kier alpha value is -0.840. The lowest BCUT2D eigenvalue weighted by Gasteiger charge is -2.08. The van der Waals surface area contributed by atoms with Crippen molar-refractivity contribution in [1.82, 2.24) is 10.6 Å². The molecule has 0 heterocycles. The molecule has 74 valence electrons. The molecule has 0 aliphatic heterocycles. The average Bonchev–Trinajstić information content (AvgIpc) is 2.88. The number of hydrogen-bond acceptors (Lipinski definition) is 3. The Balaban J connectivity index is 1.97. The molecule has 0 spiro atoms. The molecule has 5 heteroatoms. The summed E-state index contributed by atoms with van der Waals surface area (Å²) in [6.07, 6.45) is 2.74. The summed E-state index contributed by atoms with van der Waals surface area (Å²) >= 11 is 4.98. The summed E-state index contributed by atoms with van der Waals surface area (Å²) in [6.45, 7) is 0.533. The summed E-state index contributed by atoms with van der Waals surface area (Å²) in [5.74, 6) is -0.221. The van der Waals surface area contributed by atoms with Crippen molar-refractivity contribution in [2.24, 2.45) is 0 Å². The van der Waals surface area contributed by atoms with Crippen LogP contribution in [-0.2, 0) is 9.53 Å². The third kappa shape index (κ3) is 4.67. The van der Waals surface area contributed by atoms with Crippen LogP contribution < -0.4 is 10.6 Å². The van der Waals surface area contributed by atoms with Crippen LogP contribution in [0.1, 0.15) is 19.3 Å². The van der Waals surface area contributed by atoms with Crippen LogP contribution in [0.4, 0.5) is 0 Å². The predicted molar refractivity (Wildman–Crippen MR) is 53.4 cm³/mol. The minimum absolute atomic E-state index is 0.221. The predicted octanol–water partition coefficient (Wildman–Crippen LogP) is 0.176. The van der Waals surface area contributed by atoms with E-state index in [9.17, 15) is 4.79 Å². The minimum atomic E-state index is -0.221. The lowest BCUT2D eigenvalue weighted by atomic mass is 10.4. The van der Waals surface area contributed by atoms with Crippen LogP contribution in [0, 0.1) is 0 Å². The average molecular weight is 202 g/mol. The van der Waals surface area contributed by atoms with Gasteiger partial charge >= 0.3 is 5.97 Å². The molecule has 0 amide bonds. The molecule has 0 atom stereocenters. The molecular formula is C8H14N2O2S. The monoisotopic (exact) mass is 202 g/mol. The fourth-order valence-electron chi connectivity index (χ4n) is 0.844. The van der Waals surface area contributed by atoms with Gasteiger partial charge in [-0.15, -0.1) is 0 Å². The van der Waals surface area contributed by atoms with Crippen LogP contribution in [0.3, 0.4) is 0 Å². The Labute approximate surface area is 83.0 Å². The molecule has 1 aliphatic carbocycles. The number of thiocarbonyl (C=S) groups is 1. The van der Waals surface area contributed by atoms with E-state index in [1.165, 1.54) is 20.0 Å². The van der Waals surface area contributed by atoms with Crippen LogP contribution in [0.2, 0.25) is 0 Å². The topological polar surface area (TPSA) is 50.4 Å². The van der Waals surface area contributed by atoms with Crippen molar-refractivity contribution in [3.63, 3.8) is 0 Å².